The molecule has 4 aliphatic rings. The summed E-state index contributed by atoms with van der Waals surface area (Å²) in [5, 5.41) is 2.29. The van der Waals surface area contributed by atoms with Gasteiger partial charge in [0.1, 0.15) is 11.2 Å². The number of rotatable bonds is 4. The van der Waals surface area contributed by atoms with Crippen molar-refractivity contribution in [2.24, 2.45) is 0 Å². The van der Waals surface area contributed by atoms with Gasteiger partial charge in [0.15, 0.2) is 0 Å². The predicted molar refractivity (Wildman–Crippen MR) is 290 cm³/mol. The third kappa shape index (κ3) is 5.48. The molecule has 5 heterocycles. The lowest BCUT2D eigenvalue weighted by Gasteiger charge is -2.44. The SMILES string of the molecule is CC1c2cc3oc4cc5c(cc4c3cc2B2c3ccccc3N(c3ccccc3)c3cccc(c32)C1c1ccccc1)B1c2ccccc2N(c2ccccc2)c2cccc(c21)N5c1ccccc1. The van der Waals surface area contributed by atoms with E-state index in [0.717, 1.165) is 44.7 Å². The standard InChI is InChI=1S/C63H43B2N3O/c1-40-46-38-59-47(36-51(46)64-49-29-14-16-31-53(49)66(42-22-8-3-9-23-42)55-33-18-28-45(62(55)64)61(40)41-20-6-2-7-21-41)48-37-52-58(39-60(48)69-59)68(44-26-12-5-13-27-44)57-35-19-34-56-63(57)65(52)50-30-15-17-32-54(50)67(56)43-24-10-4-11-25-43/h2-40,61H,1H3. The van der Waals surface area contributed by atoms with E-state index in [-0.39, 0.29) is 25.3 Å². The van der Waals surface area contributed by atoms with Crippen LogP contribution in [0.25, 0.3) is 21.9 Å². The maximum Gasteiger partial charge on any atom is 0.252 e. The molecule has 0 saturated heterocycles. The normalized spacial score (nSPS) is 16.0. The minimum absolute atomic E-state index is 0.00250. The van der Waals surface area contributed by atoms with Gasteiger partial charge >= 0.3 is 0 Å². The Labute approximate surface area is 402 Å². The Morgan fingerprint density at radius 2 is 0.783 bits per heavy atom. The third-order valence-electron chi connectivity index (χ3n) is 15.7. The first-order chi connectivity index (χ1) is 34.2. The van der Waals surface area contributed by atoms with Crippen LogP contribution in [0.4, 0.5) is 51.2 Å². The molecule has 10 aromatic carbocycles. The topological polar surface area (TPSA) is 22.9 Å². The van der Waals surface area contributed by atoms with Crippen LogP contribution in [0, 0.1) is 0 Å². The van der Waals surface area contributed by atoms with E-state index >= 15 is 0 Å². The van der Waals surface area contributed by atoms with Crippen molar-refractivity contribution in [3.05, 3.63) is 247 Å². The van der Waals surface area contributed by atoms with Crippen LogP contribution in [0.3, 0.4) is 0 Å². The van der Waals surface area contributed by atoms with Gasteiger partial charge in [0.05, 0.1) is 0 Å². The molecule has 0 radical (unpaired) electrons. The number of nitrogens with zero attached hydrogens (tertiary/aromatic N) is 3. The first-order valence-corrected chi connectivity index (χ1v) is 24.3. The molecular formula is C63H43B2N3O. The lowest BCUT2D eigenvalue weighted by molar-refractivity contribution is 0.652. The number of anilines is 9. The van der Waals surface area contributed by atoms with Gasteiger partial charge in [0.25, 0.3) is 6.71 Å². The zero-order valence-corrected chi connectivity index (χ0v) is 38.0. The molecule has 0 saturated carbocycles. The van der Waals surface area contributed by atoms with Crippen molar-refractivity contribution >= 4 is 119 Å². The summed E-state index contributed by atoms with van der Waals surface area (Å²) >= 11 is 0. The van der Waals surface area contributed by atoms with Crippen LogP contribution in [0.15, 0.2) is 235 Å². The molecule has 0 N–H and O–H groups in total. The van der Waals surface area contributed by atoms with Gasteiger partial charge in [-0.05, 0) is 123 Å². The molecule has 2 atom stereocenters. The minimum atomic E-state index is -0.00668. The molecule has 4 aliphatic heterocycles. The summed E-state index contributed by atoms with van der Waals surface area (Å²) in [6.45, 7) is 2.43. The average Bonchev–Trinajstić information content (AvgIpc) is 3.71. The number of benzene rings is 10. The van der Waals surface area contributed by atoms with E-state index < -0.39 is 0 Å². The zero-order chi connectivity index (χ0) is 45.3. The highest BCUT2D eigenvalue weighted by Gasteiger charge is 2.46. The molecule has 0 amide bonds. The molecule has 15 rings (SSSR count). The molecule has 0 bridgehead atoms. The van der Waals surface area contributed by atoms with Gasteiger partial charge in [-0.2, -0.15) is 0 Å². The third-order valence-corrected chi connectivity index (χ3v) is 15.7. The number of hydrogen-bond donors (Lipinski definition) is 0. The number of hydrogen-bond acceptors (Lipinski definition) is 4. The second-order valence-corrected chi connectivity index (χ2v) is 19.2. The summed E-state index contributed by atoms with van der Waals surface area (Å²) in [4.78, 5) is 7.41. The second-order valence-electron chi connectivity index (χ2n) is 19.2. The molecule has 1 aromatic heterocycles. The van der Waals surface area contributed by atoms with Crippen molar-refractivity contribution in [1.29, 1.82) is 0 Å². The van der Waals surface area contributed by atoms with Crippen molar-refractivity contribution in [1.82, 2.24) is 0 Å². The first kappa shape index (κ1) is 38.6. The Morgan fingerprint density at radius 3 is 1.36 bits per heavy atom. The van der Waals surface area contributed by atoms with E-state index in [2.05, 4.69) is 252 Å². The van der Waals surface area contributed by atoms with Crippen molar-refractivity contribution in [3.63, 3.8) is 0 Å². The van der Waals surface area contributed by atoms with Crippen LogP contribution in [-0.4, -0.2) is 13.4 Å². The van der Waals surface area contributed by atoms with E-state index in [1.807, 2.05) is 0 Å². The second kappa shape index (κ2) is 14.8. The van der Waals surface area contributed by atoms with Gasteiger partial charge in [0.2, 0.25) is 6.71 Å². The van der Waals surface area contributed by atoms with Gasteiger partial charge in [-0.15, -0.1) is 0 Å². The van der Waals surface area contributed by atoms with Crippen molar-refractivity contribution in [2.45, 2.75) is 18.8 Å². The highest BCUT2D eigenvalue weighted by Crippen LogP contribution is 2.48. The van der Waals surface area contributed by atoms with Crippen LogP contribution >= 0.6 is 0 Å². The summed E-state index contributed by atoms with van der Waals surface area (Å²) in [6, 6.07) is 85.4. The Morgan fingerprint density at radius 1 is 0.348 bits per heavy atom. The fraction of sp³-hybridized carbons (Fsp3) is 0.0476. The molecule has 11 aromatic rings. The first-order valence-electron chi connectivity index (χ1n) is 24.3. The minimum Gasteiger partial charge on any atom is -0.456 e. The van der Waals surface area contributed by atoms with Crippen molar-refractivity contribution < 1.29 is 4.42 Å². The van der Waals surface area contributed by atoms with Gasteiger partial charge in [-0.1, -0.05) is 164 Å². The number of furan rings is 1. The monoisotopic (exact) mass is 879 g/mol. The van der Waals surface area contributed by atoms with E-state index in [1.54, 1.807) is 0 Å². The predicted octanol–water partition coefficient (Wildman–Crippen LogP) is 12.2. The molecular weight excluding hydrogens is 836 g/mol. The molecule has 69 heavy (non-hydrogen) atoms. The lowest BCUT2D eigenvalue weighted by atomic mass is 9.33. The lowest BCUT2D eigenvalue weighted by Crippen LogP contribution is -2.61. The Bertz CT molecular complexity index is 3860. The molecule has 0 spiro atoms. The maximum atomic E-state index is 7.22. The smallest absolute Gasteiger partial charge is 0.252 e. The summed E-state index contributed by atoms with van der Waals surface area (Å²) < 4.78 is 7.22. The zero-order valence-electron chi connectivity index (χ0n) is 38.0. The quantitative estimate of drug-likeness (QED) is 0.164. The number of para-hydroxylation sites is 5. The van der Waals surface area contributed by atoms with Crippen LogP contribution < -0.4 is 47.5 Å². The Hall–Kier alpha value is -8.47. The van der Waals surface area contributed by atoms with Crippen molar-refractivity contribution in [3.8, 4) is 0 Å². The highest BCUT2D eigenvalue weighted by molar-refractivity contribution is 7.00. The molecule has 6 heteroatoms. The molecule has 2 unspecified atom stereocenters. The maximum absolute atomic E-state index is 7.22. The molecule has 322 valence electrons. The Kier molecular flexibility index (Phi) is 8.26. The summed E-state index contributed by atoms with van der Waals surface area (Å²) in [5.41, 5.74) is 24.4. The highest BCUT2D eigenvalue weighted by atomic mass is 16.3. The Balaban J connectivity index is 1.01. The van der Waals surface area contributed by atoms with Crippen LogP contribution in [0.2, 0.25) is 0 Å². The van der Waals surface area contributed by atoms with Crippen LogP contribution in [0.1, 0.15) is 35.4 Å². The summed E-state index contributed by atoms with van der Waals surface area (Å²) in [6.07, 6.45) is 0. The van der Waals surface area contributed by atoms with Gasteiger partial charge in [0, 0.05) is 73.9 Å². The van der Waals surface area contributed by atoms with E-state index in [9.17, 15) is 0 Å². The van der Waals surface area contributed by atoms with Crippen LogP contribution in [-0.2, 0) is 0 Å². The largest absolute Gasteiger partial charge is 0.456 e. The fourth-order valence-electron chi connectivity index (χ4n) is 12.9. The molecule has 4 nitrogen and oxygen atoms in total. The van der Waals surface area contributed by atoms with Crippen molar-refractivity contribution in [2.75, 3.05) is 14.7 Å². The molecule has 0 fully saturated rings. The van der Waals surface area contributed by atoms with Gasteiger partial charge < -0.3 is 19.1 Å². The van der Waals surface area contributed by atoms with Gasteiger partial charge in [-0.25, -0.2) is 0 Å². The van der Waals surface area contributed by atoms with E-state index in [1.165, 1.54) is 77.9 Å². The van der Waals surface area contributed by atoms with Gasteiger partial charge in [-0.3, -0.25) is 0 Å². The van der Waals surface area contributed by atoms with E-state index in [0.29, 0.717) is 0 Å². The summed E-state index contributed by atoms with van der Waals surface area (Å²) in [7, 11) is 0. The van der Waals surface area contributed by atoms with Crippen LogP contribution in [0.5, 0.6) is 0 Å². The average molecular weight is 880 g/mol. The molecule has 0 aliphatic carbocycles. The van der Waals surface area contributed by atoms with E-state index in [4.69, 9.17) is 4.42 Å². The fourth-order valence-corrected chi connectivity index (χ4v) is 12.9. The number of fused-ring (bicyclic) bond motifs is 11. The summed E-state index contributed by atoms with van der Waals surface area (Å²) in [5.74, 6) is 0.270.